The van der Waals surface area contributed by atoms with Crippen LogP contribution < -0.4 is 10.6 Å². The quantitative estimate of drug-likeness (QED) is 0.437. The monoisotopic (exact) mass is 330 g/mol. The lowest BCUT2D eigenvalue weighted by Gasteiger charge is -2.17. The van der Waals surface area contributed by atoms with Crippen molar-refractivity contribution >= 4 is 5.96 Å². The number of benzene rings is 1. The van der Waals surface area contributed by atoms with Gasteiger partial charge in [0.1, 0.15) is 0 Å². The largest absolute Gasteiger partial charge is 0.390 e. The molecular weight excluding hydrogens is 305 g/mol. The highest BCUT2D eigenvalue weighted by molar-refractivity contribution is 5.79. The molecule has 0 aliphatic rings. The summed E-state index contributed by atoms with van der Waals surface area (Å²) in [6, 6.07) is 10.2. The molecule has 1 rings (SSSR count). The molecule has 0 amide bonds. The van der Waals surface area contributed by atoms with Crippen molar-refractivity contribution < 1.29 is 13.2 Å². The van der Waals surface area contributed by atoms with E-state index in [-0.39, 0.29) is 6.54 Å². The van der Waals surface area contributed by atoms with Crippen LogP contribution in [0, 0.1) is 0 Å². The molecule has 7 heteroatoms. The predicted octanol–water partition coefficient (Wildman–Crippen LogP) is 2.63. The number of hydrogen-bond donors (Lipinski definition) is 2. The second kappa shape index (κ2) is 10.1. The van der Waals surface area contributed by atoms with Crippen LogP contribution in [0.5, 0.6) is 0 Å². The molecule has 0 bridgehead atoms. The second-order valence-corrected chi connectivity index (χ2v) is 5.37. The standard InChI is InChI=1S/C16H25F3N4/c1-20-15(22-11-9-16(17,18)19)21-10-6-12-23(2)13-14-7-4-3-5-8-14/h3-5,7-8H,6,9-13H2,1-2H3,(H2,20,21,22). The molecule has 0 aliphatic carbocycles. The van der Waals surface area contributed by atoms with E-state index in [4.69, 9.17) is 0 Å². The smallest absolute Gasteiger partial charge is 0.356 e. The van der Waals surface area contributed by atoms with Gasteiger partial charge in [0.2, 0.25) is 0 Å². The maximum atomic E-state index is 12.1. The van der Waals surface area contributed by atoms with Gasteiger partial charge in [-0.3, -0.25) is 4.99 Å². The lowest BCUT2D eigenvalue weighted by Crippen LogP contribution is -2.39. The van der Waals surface area contributed by atoms with Gasteiger partial charge in [0.25, 0.3) is 0 Å². The molecule has 0 fully saturated rings. The summed E-state index contributed by atoms with van der Waals surface area (Å²) in [5.41, 5.74) is 1.26. The van der Waals surface area contributed by atoms with Crippen LogP contribution in [0.15, 0.2) is 35.3 Å². The molecule has 130 valence electrons. The van der Waals surface area contributed by atoms with Crippen LogP contribution in [0.2, 0.25) is 0 Å². The Labute approximate surface area is 135 Å². The van der Waals surface area contributed by atoms with Crippen LogP contribution in [0.25, 0.3) is 0 Å². The Bertz CT molecular complexity index is 460. The first-order valence-corrected chi connectivity index (χ1v) is 7.64. The molecule has 1 aromatic carbocycles. The third-order valence-corrected chi connectivity index (χ3v) is 3.23. The van der Waals surface area contributed by atoms with Gasteiger partial charge in [-0.2, -0.15) is 13.2 Å². The third kappa shape index (κ3) is 9.78. The molecule has 0 aromatic heterocycles. The van der Waals surface area contributed by atoms with Gasteiger partial charge in [-0.25, -0.2) is 0 Å². The molecule has 0 saturated heterocycles. The summed E-state index contributed by atoms with van der Waals surface area (Å²) in [4.78, 5) is 6.11. The Morgan fingerprint density at radius 3 is 2.39 bits per heavy atom. The van der Waals surface area contributed by atoms with Crippen molar-refractivity contribution in [3.63, 3.8) is 0 Å². The van der Waals surface area contributed by atoms with Gasteiger partial charge >= 0.3 is 6.18 Å². The average Bonchev–Trinajstić information content (AvgIpc) is 2.49. The van der Waals surface area contributed by atoms with Crippen molar-refractivity contribution in [2.45, 2.75) is 25.6 Å². The minimum absolute atomic E-state index is 0.170. The zero-order valence-corrected chi connectivity index (χ0v) is 13.7. The van der Waals surface area contributed by atoms with Crippen LogP contribution >= 0.6 is 0 Å². The first-order chi connectivity index (χ1) is 10.9. The van der Waals surface area contributed by atoms with E-state index in [1.54, 1.807) is 7.05 Å². The number of nitrogens with zero attached hydrogens (tertiary/aromatic N) is 2. The fourth-order valence-corrected chi connectivity index (χ4v) is 2.07. The molecule has 1 aromatic rings. The zero-order chi connectivity index (χ0) is 17.1. The summed E-state index contributed by atoms with van der Waals surface area (Å²) in [6.07, 6.45) is -4.14. The highest BCUT2D eigenvalue weighted by atomic mass is 19.4. The van der Waals surface area contributed by atoms with Crippen molar-refractivity contribution in [1.82, 2.24) is 15.5 Å². The van der Waals surface area contributed by atoms with E-state index in [1.807, 2.05) is 25.2 Å². The minimum atomic E-state index is -4.15. The number of rotatable bonds is 8. The maximum Gasteiger partial charge on any atom is 0.390 e. The highest BCUT2D eigenvalue weighted by Crippen LogP contribution is 2.17. The summed E-state index contributed by atoms with van der Waals surface area (Å²) in [5, 5.41) is 5.68. The maximum absolute atomic E-state index is 12.1. The molecular formula is C16H25F3N4. The first kappa shape index (κ1) is 19.3. The number of halogens is 3. The number of alkyl halides is 3. The molecule has 0 heterocycles. The van der Waals surface area contributed by atoms with Crippen molar-refractivity contribution in [2.75, 3.05) is 33.7 Å². The van der Waals surface area contributed by atoms with Crippen molar-refractivity contribution in [3.05, 3.63) is 35.9 Å². The molecule has 2 N–H and O–H groups in total. The minimum Gasteiger partial charge on any atom is -0.356 e. The Balaban J connectivity index is 2.15. The van der Waals surface area contributed by atoms with Crippen LogP contribution in [0.1, 0.15) is 18.4 Å². The molecule has 0 aliphatic heterocycles. The van der Waals surface area contributed by atoms with E-state index in [0.29, 0.717) is 12.5 Å². The van der Waals surface area contributed by atoms with E-state index in [2.05, 4.69) is 32.7 Å². The SMILES string of the molecule is CN=C(NCCCN(C)Cc1ccccc1)NCCC(F)(F)F. The van der Waals surface area contributed by atoms with Crippen LogP contribution in [0.4, 0.5) is 13.2 Å². The van der Waals surface area contributed by atoms with E-state index in [1.165, 1.54) is 5.56 Å². The fourth-order valence-electron chi connectivity index (χ4n) is 2.07. The van der Waals surface area contributed by atoms with Gasteiger partial charge in [0.05, 0.1) is 6.42 Å². The summed E-state index contributed by atoms with van der Waals surface area (Å²) in [6.45, 7) is 2.25. The van der Waals surface area contributed by atoms with Crippen LogP contribution in [0.3, 0.4) is 0 Å². The number of nitrogens with one attached hydrogen (secondary N) is 2. The average molecular weight is 330 g/mol. The molecule has 0 unspecified atom stereocenters. The van der Waals surface area contributed by atoms with E-state index >= 15 is 0 Å². The molecule has 0 radical (unpaired) electrons. The summed E-state index contributed by atoms with van der Waals surface area (Å²) >= 11 is 0. The van der Waals surface area contributed by atoms with E-state index < -0.39 is 12.6 Å². The van der Waals surface area contributed by atoms with Gasteiger partial charge in [-0.05, 0) is 25.6 Å². The Kier molecular flexibility index (Phi) is 8.47. The molecule has 0 saturated carbocycles. The van der Waals surface area contributed by atoms with Gasteiger partial charge in [-0.15, -0.1) is 0 Å². The molecule has 0 atom stereocenters. The van der Waals surface area contributed by atoms with Gasteiger partial charge < -0.3 is 15.5 Å². The van der Waals surface area contributed by atoms with Crippen LogP contribution in [-0.4, -0.2) is 50.8 Å². The van der Waals surface area contributed by atoms with Crippen molar-refractivity contribution in [3.8, 4) is 0 Å². The van der Waals surface area contributed by atoms with E-state index in [0.717, 1.165) is 19.5 Å². The zero-order valence-electron chi connectivity index (χ0n) is 13.7. The summed E-state index contributed by atoms with van der Waals surface area (Å²) in [7, 11) is 3.59. The van der Waals surface area contributed by atoms with Gasteiger partial charge in [0.15, 0.2) is 5.96 Å². The Morgan fingerprint density at radius 1 is 1.13 bits per heavy atom. The molecule has 0 spiro atoms. The lowest BCUT2D eigenvalue weighted by molar-refractivity contribution is -0.132. The normalized spacial score (nSPS) is 12.5. The second-order valence-electron chi connectivity index (χ2n) is 5.37. The Hall–Kier alpha value is -1.76. The lowest BCUT2D eigenvalue weighted by atomic mass is 10.2. The van der Waals surface area contributed by atoms with Crippen LogP contribution in [-0.2, 0) is 6.54 Å². The van der Waals surface area contributed by atoms with Gasteiger partial charge in [-0.1, -0.05) is 30.3 Å². The predicted molar refractivity (Wildman–Crippen MR) is 87.4 cm³/mol. The topological polar surface area (TPSA) is 39.7 Å². The van der Waals surface area contributed by atoms with Crippen molar-refractivity contribution in [1.29, 1.82) is 0 Å². The first-order valence-electron chi connectivity index (χ1n) is 7.64. The molecule has 23 heavy (non-hydrogen) atoms. The number of guanidine groups is 1. The number of aliphatic imine (C=N–C) groups is 1. The third-order valence-electron chi connectivity index (χ3n) is 3.23. The molecule has 4 nitrogen and oxygen atoms in total. The van der Waals surface area contributed by atoms with E-state index in [9.17, 15) is 13.2 Å². The summed E-state index contributed by atoms with van der Waals surface area (Å²) in [5.74, 6) is 0.403. The summed E-state index contributed by atoms with van der Waals surface area (Å²) < 4.78 is 36.2. The highest BCUT2D eigenvalue weighted by Gasteiger charge is 2.26. The fraction of sp³-hybridized carbons (Fsp3) is 0.562. The Morgan fingerprint density at radius 2 is 1.78 bits per heavy atom. The number of hydrogen-bond acceptors (Lipinski definition) is 2. The van der Waals surface area contributed by atoms with Crippen molar-refractivity contribution in [2.24, 2.45) is 4.99 Å². The van der Waals surface area contributed by atoms with Gasteiger partial charge in [0, 0.05) is 26.7 Å².